The van der Waals surface area contributed by atoms with Crippen molar-refractivity contribution in [3.8, 4) is 0 Å². The molecule has 1 fully saturated rings. The zero-order chi connectivity index (χ0) is 11.8. The van der Waals surface area contributed by atoms with E-state index in [-0.39, 0.29) is 0 Å². The van der Waals surface area contributed by atoms with Gasteiger partial charge in [0.05, 0.1) is 0 Å². The first-order valence-electron chi connectivity index (χ1n) is 6.71. The summed E-state index contributed by atoms with van der Waals surface area (Å²) in [5, 5.41) is 8.34. The number of amidine groups is 1. The van der Waals surface area contributed by atoms with Crippen LogP contribution in [0.4, 0.5) is 0 Å². The molecule has 1 aliphatic carbocycles. The second kappa shape index (κ2) is 4.17. The lowest BCUT2D eigenvalue weighted by Gasteiger charge is -2.37. The van der Waals surface area contributed by atoms with Crippen molar-refractivity contribution in [3.05, 3.63) is 35.4 Å². The Morgan fingerprint density at radius 2 is 1.94 bits per heavy atom. The third-order valence-electron chi connectivity index (χ3n) is 4.37. The number of rotatable bonds is 1. The minimum atomic E-state index is 0.587. The van der Waals surface area contributed by atoms with Gasteiger partial charge in [-0.2, -0.15) is 0 Å². The summed E-state index contributed by atoms with van der Waals surface area (Å²) in [5.41, 5.74) is 2.47. The average molecular weight is 228 g/mol. The van der Waals surface area contributed by atoms with Gasteiger partial charge in [-0.1, -0.05) is 44.0 Å². The largest absolute Gasteiger partial charge is 0.349 e. The molecule has 2 unspecified atom stereocenters. The van der Waals surface area contributed by atoms with Crippen molar-refractivity contribution in [2.24, 2.45) is 5.92 Å². The van der Waals surface area contributed by atoms with Gasteiger partial charge in [-0.05, 0) is 24.3 Å². The summed E-state index contributed by atoms with van der Waals surface area (Å²) < 4.78 is 0. The Morgan fingerprint density at radius 3 is 2.71 bits per heavy atom. The summed E-state index contributed by atoms with van der Waals surface area (Å²) in [4.78, 5) is 2.33. The van der Waals surface area contributed by atoms with E-state index in [0.29, 0.717) is 6.04 Å². The minimum absolute atomic E-state index is 0.587. The normalized spacial score (nSPS) is 28.3. The Labute approximate surface area is 103 Å². The second-order valence-corrected chi connectivity index (χ2v) is 5.46. The van der Waals surface area contributed by atoms with Crippen molar-refractivity contribution < 1.29 is 0 Å². The zero-order valence-electron chi connectivity index (χ0n) is 10.4. The van der Waals surface area contributed by atoms with E-state index in [4.69, 9.17) is 5.41 Å². The number of benzene rings is 1. The van der Waals surface area contributed by atoms with Crippen molar-refractivity contribution in [1.29, 1.82) is 5.41 Å². The fraction of sp³-hybridized carbons (Fsp3) is 0.533. The molecule has 0 spiro atoms. The predicted molar refractivity (Wildman–Crippen MR) is 70.2 cm³/mol. The van der Waals surface area contributed by atoms with Crippen LogP contribution >= 0.6 is 0 Å². The van der Waals surface area contributed by atoms with Crippen LogP contribution in [0.2, 0.25) is 0 Å². The van der Waals surface area contributed by atoms with E-state index in [0.717, 1.165) is 23.9 Å². The fourth-order valence-electron chi connectivity index (χ4n) is 3.35. The highest BCUT2D eigenvalue weighted by Gasteiger charge is 2.33. The van der Waals surface area contributed by atoms with Gasteiger partial charge in [0.15, 0.2) is 0 Å². The molecule has 2 heteroatoms. The summed E-state index contributed by atoms with van der Waals surface area (Å²) >= 11 is 0. The van der Waals surface area contributed by atoms with Crippen LogP contribution in [0.3, 0.4) is 0 Å². The van der Waals surface area contributed by atoms with Crippen LogP contribution < -0.4 is 0 Å². The smallest absolute Gasteiger partial charge is 0.128 e. The Kier molecular flexibility index (Phi) is 2.65. The molecule has 90 valence electrons. The van der Waals surface area contributed by atoms with E-state index in [1.54, 1.807) is 0 Å². The molecular weight excluding hydrogens is 208 g/mol. The molecule has 2 nitrogen and oxygen atoms in total. The third kappa shape index (κ3) is 1.76. The Hall–Kier alpha value is -1.31. The molecule has 0 aromatic heterocycles. The first-order valence-corrected chi connectivity index (χ1v) is 6.71. The molecule has 1 aromatic rings. The number of hydrogen-bond acceptors (Lipinski definition) is 1. The van der Waals surface area contributed by atoms with Crippen molar-refractivity contribution in [3.63, 3.8) is 0 Å². The van der Waals surface area contributed by atoms with Crippen LogP contribution in [0, 0.1) is 11.3 Å². The van der Waals surface area contributed by atoms with Gasteiger partial charge in [0, 0.05) is 18.2 Å². The van der Waals surface area contributed by atoms with Gasteiger partial charge in [0.2, 0.25) is 0 Å². The maximum atomic E-state index is 8.34. The zero-order valence-corrected chi connectivity index (χ0v) is 10.4. The van der Waals surface area contributed by atoms with Gasteiger partial charge in [-0.3, -0.25) is 5.41 Å². The molecule has 17 heavy (non-hydrogen) atoms. The molecule has 2 aliphatic rings. The van der Waals surface area contributed by atoms with Gasteiger partial charge in [-0.15, -0.1) is 0 Å². The highest BCUT2D eigenvalue weighted by atomic mass is 15.2. The molecule has 0 radical (unpaired) electrons. The van der Waals surface area contributed by atoms with Crippen molar-refractivity contribution in [2.45, 2.75) is 45.2 Å². The van der Waals surface area contributed by atoms with E-state index < -0.39 is 0 Å². The van der Waals surface area contributed by atoms with Gasteiger partial charge in [0.25, 0.3) is 0 Å². The predicted octanol–water partition coefficient (Wildman–Crippen LogP) is 3.41. The summed E-state index contributed by atoms with van der Waals surface area (Å²) in [6.07, 6.45) is 5.28. The fourth-order valence-corrected chi connectivity index (χ4v) is 3.35. The maximum absolute atomic E-state index is 8.34. The number of nitrogens with one attached hydrogen (secondary N) is 1. The minimum Gasteiger partial charge on any atom is -0.349 e. The van der Waals surface area contributed by atoms with Crippen LogP contribution in [0.15, 0.2) is 24.3 Å². The van der Waals surface area contributed by atoms with Crippen LogP contribution in [-0.4, -0.2) is 16.8 Å². The average Bonchev–Trinajstić information content (AvgIpc) is 2.68. The first kappa shape index (κ1) is 10.8. The standard InChI is InChI=1S/C15H20N2/c1-11-6-2-5-9-14(11)17-10-12-7-3-4-8-13(12)15(17)16/h3-4,7-8,11,14,16H,2,5-6,9-10H2,1H3. The summed E-state index contributed by atoms with van der Waals surface area (Å²) in [7, 11) is 0. The highest BCUT2D eigenvalue weighted by Crippen LogP contribution is 2.33. The molecular formula is C15H20N2. The Bertz CT molecular complexity index is 438. The molecule has 1 N–H and O–H groups in total. The lowest BCUT2D eigenvalue weighted by molar-refractivity contribution is 0.180. The quantitative estimate of drug-likeness (QED) is 0.783. The summed E-state index contributed by atoms with van der Waals surface area (Å²) in [6.45, 7) is 3.30. The molecule has 1 aromatic carbocycles. The van der Waals surface area contributed by atoms with E-state index in [2.05, 4.69) is 30.0 Å². The third-order valence-corrected chi connectivity index (χ3v) is 4.37. The summed E-state index contributed by atoms with van der Waals surface area (Å²) in [5.74, 6) is 1.48. The van der Waals surface area contributed by atoms with Gasteiger partial charge < -0.3 is 4.90 Å². The first-order chi connectivity index (χ1) is 8.27. The molecule has 2 atom stereocenters. The lowest BCUT2D eigenvalue weighted by atomic mass is 9.85. The van der Waals surface area contributed by atoms with Gasteiger partial charge >= 0.3 is 0 Å². The molecule has 0 bridgehead atoms. The molecule has 1 aliphatic heterocycles. The Morgan fingerprint density at radius 1 is 1.18 bits per heavy atom. The number of fused-ring (bicyclic) bond motifs is 1. The van der Waals surface area contributed by atoms with Crippen molar-refractivity contribution in [1.82, 2.24) is 4.90 Å². The van der Waals surface area contributed by atoms with Crippen molar-refractivity contribution >= 4 is 5.84 Å². The van der Waals surface area contributed by atoms with Crippen LogP contribution in [0.25, 0.3) is 0 Å². The van der Waals surface area contributed by atoms with E-state index >= 15 is 0 Å². The maximum Gasteiger partial charge on any atom is 0.128 e. The SMILES string of the molecule is CC1CCCCC1N1Cc2ccccc2C1=N. The van der Waals surface area contributed by atoms with E-state index in [1.807, 2.05) is 6.07 Å². The van der Waals surface area contributed by atoms with E-state index in [9.17, 15) is 0 Å². The lowest BCUT2D eigenvalue weighted by Crippen LogP contribution is -2.41. The van der Waals surface area contributed by atoms with E-state index in [1.165, 1.54) is 31.2 Å². The molecule has 0 amide bonds. The molecule has 1 heterocycles. The van der Waals surface area contributed by atoms with Gasteiger partial charge in [0.1, 0.15) is 5.84 Å². The second-order valence-electron chi connectivity index (χ2n) is 5.46. The monoisotopic (exact) mass is 228 g/mol. The highest BCUT2D eigenvalue weighted by molar-refractivity contribution is 6.00. The molecule has 1 saturated carbocycles. The number of hydrogen-bond donors (Lipinski definition) is 1. The summed E-state index contributed by atoms with van der Waals surface area (Å²) in [6, 6.07) is 8.97. The number of nitrogens with zero attached hydrogens (tertiary/aromatic N) is 1. The molecule has 0 saturated heterocycles. The van der Waals surface area contributed by atoms with Crippen LogP contribution in [0.1, 0.15) is 43.7 Å². The Balaban J connectivity index is 1.86. The van der Waals surface area contributed by atoms with Crippen molar-refractivity contribution in [2.75, 3.05) is 0 Å². The topological polar surface area (TPSA) is 27.1 Å². The molecule has 3 rings (SSSR count). The van der Waals surface area contributed by atoms with Crippen LogP contribution in [-0.2, 0) is 6.54 Å². The van der Waals surface area contributed by atoms with Gasteiger partial charge in [-0.25, -0.2) is 0 Å². The van der Waals surface area contributed by atoms with Crippen LogP contribution in [0.5, 0.6) is 0 Å².